The number of rotatable bonds is 5. The molecule has 1 heterocycles. The van der Waals surface area contributed by atoms with Crippen LogP contribution in [-0.4, -0.2) is 20.7 Å². The van der Waals surface area contributed by atoms with Crippen LogP contribution in [0.2, 0.25) is 5.02 Å². The standard InChI is InChI=1S/C7H11ClN2O2S2/c8-6-3-7(13-5-6)4-10-1-2-14(9,11)12/h3,5,10H,1-2,4H2,(H2,9,11,12). The molecule has 14 heavy (non-hydrogen) atoms. The van der Waals surface area contributed by atoms with Crippen LogP contribution in [0, 0.1) is 0 Å². The fourth-order valence-electron chi connectivity index (χ4n) is 0.873. The average molecular weight is 255 g/mol. The van der Waals surface area contributed by atoms with Gasteiger partial charge >= 0.3 is 0 Å². The van der Waals surface area contributed by atoms with Crippen LogP contribution in [0.1, 0.15) is 4.88 Å². The van der Waals surface area contributed by atoms with Crippen LogP contribution < -0.4 is 10.5 Å². The fourth-order valence-corrected chi connectivity index (χ4v) is 2.34. The lowest BCUT2D eigenvalue weighted by Gasteiger charge is -2.00. The molecule has 0 unspecified atom stereocenters. The average Bonchev–Trinajstić information content (AvgIpc) is 2.44. The molecule has 1 aromatic heterocycles. The van der Waals surface area contributed by atoms with E-state index >= 15 is 0 Å². The van der Waals surface area contributed by atoms with Crippen LogP contribution in [0.25, 0.3) is 0 Å². The molecule has 0 saturated carbocycles. The molecule has 0 saturated heterocycles. The summed E-state index contributed by atoms with van der Waals surface area (Å²) < 4.78 is 21.1. The molecule has 3 N–H and O–H groups in total. The number of nitrogens with two attached hydrogens (primary N) is 1. The Bertz CT molecular complexity index is 388. The molecule has 0 bridgehead atoms. The summed E-state index contributed by atoms with van der Waals surface area (Å²) in [6.45, 7) is 0.973. The SMILES string of the molecule is NS(=O)(=O)CCNCc1cc(Cl)cs1. The van der Waals surface area contributed by atoms with Gasteiger partial charge in [-0.2, -0.15) is 0 Å². The van der Waals surface area contributed by atoms with Gasteiger partial charge in [0.15, 0.2) is 0 Å². The topological polar surface area (TPSA) is 72.2 Å². The number of primary sulfonamides is 1. The van der Waals surface area contributed by atoms with Crippen molar-refractivity contribution in [1.82, 2.24) is 5.32 Å². The van der Waals surface area contributed by atoms with Crippen LogP contribution in [0.5, 0.6) is 0 Å². The number of hydrogen-bond donors (Lipinski definition) is 2. The summed E-state index contributed by atoms with van der Waals surface area (Å²) in [4.78, 5) is 1.07. The summed E-state index contributed by atoms with van der Waals surface area (Å²) in [7, 11) is -3.36. The highest BCUT2D eigenvalue weighted by molar-refractivity contribution is 7.89. The lowest BCUT2D eigenvalue weighted by atomic mass is 10.4. The van der Waals surface area contributed by atoms with Crippen molar-refractivity contribution >= 4 is 33.0 Å². The van der Waals surface area contributed by atoms with Gasteiger partial charge in [-0.25, -0.2) is 13.6 Å². The summed E-state index contributed by atoms with van der Waals surface area (Å²) in [5, 5.41) is 10.3. The maximum absolute atomic E-state index is 10.6. The predicted molar refractivity (Wildman–Crippen MR) is 59.0 cm³/mol. The normalized spacial score (nSPS) is 11.9. The van der Waals surface area contributed by atoms with Crippen LogP contribution in [0.4, 0.5) is 0 Å². The van der Waals surface area contributed by atoms with Gasteiger partial charge in [0.1, 0.15) is 0 Å². The van der Waals surface area contributed by atoms with Gasteiger partial charge in [-0.3, -0.25) is 0 Å². The first-order valence-electron chi connectivity index (χ1n) is 3.91. The summed E-state index contributed by atoms with van der Waals surface area (Å²) in [5.41, 5.74) is 0. The minimum absolute atomic E-state index is 0.0495. The van der Waals surface area contributed by atoms with Crippen molar-refractivity contribution in [3.8, 4) is 0 Å². The minimum Gasteiger partial charge on any atom is -0.311 e. The van der Waals surface area contributed by atoms with Crippen molar-refractivity contribution in [1.29, 1.82) is 0 Å². The smallest absolute Gasteiger partial charge is 0.210 e. The Hall–Kier alpha value is -0.140. The van der Waals surface area contributed by atoms with E-state index in [4.69, 9.17) is 16.7 Å². The van der Waals surface area contributed by atoms with E-state index in [9.17, 15) is 8.42 Å². The molecule has 0 aliphatic rings. The molecule has 1 rings (SSSR count). The third-order valence-corrected chi connectivity index (χ3v) is 3.54. The van der Waals surface area contributed by atoms with Gasteiger partial charge < -0.3 is 5.32 Å². The Morgan fingerprint density at radius 2 is 2.29 bits per heavy atom. The van der Waals surface area contributed by atoms with Gasteiger partial charge in [0.2, 0.25) is 10.0 Å². The Morgan fingerprint density at radius 1 is 1.57 bits per heavy atom. The third kappa shape index (κ3) is 4.92. The monoisotopic (exact) mass is 254 g/mol. The zero-order chi connectivity index (χ0) is 10.6. The Kier molecular flexibility index (Phi) is 4.33. The molecule has 0 amide bonds. The largest absolute Gasteiger partial charge is 0.311 e. The van der Waals surface area contributed by atoms with E-state index in [2.05, 4.69) is 5.32 Å². The van der Waals surface area contributed by atoms with E-state index in [1.54, 1.807) is 0 Å². The van der Waals surface area contributed by atoms with Crippen LogP contribution in [0.3, 0.4) is 0 Å². The highest BCUT2D eigenvalue weighted by atomic mass is 35.5. The molecular formula is C7H11ClN2O2S2. The van der Waals surface area contributed by atoms with E-state index in [1.807, 2.05) is 11.4 Å². The summed E-state index contributed by atoms with van der Waals surface area (Å²) >= 11 is 7.24. The molecule has 0 aliphatic heterocycles. The summed E-state index contributed by atoms with van der Waals surface area (Å²) in [6, 6.07) is 1.84. The number of thiophene rings is 1. The number of sulfonamides is 1. The van der Waals surface area contributed by atoms with Gasteiger partial charge in [-0.05, 0) is 6.07 Å². The van der Waals surface area contributed by atoms with Crippen molar-refractivity contribution < 1.29 is 8.42 Å². The first-order chi connectivity index (χ1) is 6.47. The second kappa shape index (κ2) is 5.09. The van der Waals surface area contributed by atoms with Gasteiger partial charge in [-0.1, -0.05) is 11.6 Å². The molecule has 80 valence electrons. The van der Waals surface area contributed by atoms with E-state index in [1.165, 1.54) is 11.3 Å². The highest BCUT2D eigenvalue weighted by Gasteiger charge is 2.02. The van der Waals surface area contributed by atoms with Crippen molar-refractivity contribution in [2.24, 2.45) is 5.14 Å². The fraction of sp³-hybridized carbons (Fsp3) is 0.429. The Morgan fingerprint density at radius 3 is 2.79 bits per heavy atom. The molecule has 1 aromatic rings. The van der Waals surface area contributed by atoms with E-state index in [-0.39, 0.29) is 5.75 Å². The van der Waals surface area contributed by atoms with Crippen LogP contribution in [0.15, 0.2) is 11.4 Å². The van der Waals surface area contributed by atoms with E-state index in [0.717, 1.165) is 4.88 Å². The highest BCUT2D eigenvalue weighted by Crippen LogP contribution is 2.18. The molecule has 0 aromatic carbocycles. The van der Waals surface area contributed by atoms with Gasteiger partial charge in [0.05, 0.1) is 10.8 Å². The lowest BCUT2D eigenvalue weighted by Crippen LogP contribution is -2.26. The second-order valence-corrected chi connectivity index (χ2v) is 5.94. The maximum Gasteiger partial charge on any atom is 0.210 e. The number of halogens is 1. The Balaban J connectivity index is 2.23. The molecular weight excluding hydrogens is 244 g/mol. The number of nitrogens with one attached hydrogen (secondary N) is 1. The van der Waals surface area contributed by atoms with Crippen molar-refractivity contribution in [3.63, 3.8) is 0 Å². The molecule has 0 radical (unpaired) electrons. The Labute approximate surface area is 92.1 Å². The quantitative estimate of drug-likeness (QED) is 0.763. The first-order valence-corrected chi connectivity index (χ1v) is 6.89. The zero-order valence-corrected chi connectivity index (χ0v) is 9.75. The first kappa shape index (κ1) is 11.9. The lowest BCUT2D eigenvalue weighted by molar-refractivity contribution is 0.592. The second-order valence-electron chi connectivity index (χ2n) is 2.77. The van der Waals surface area contributed by atoms with Crippen LogP contribution >= 0.6 is 22.9 Å². The molecule has 0 atom stereocenters. The molecule has 0 fully saturated rings. The maximum atomic E-state index is 10.6. The predicted octanol–water partition coefficient (Wildman–Crippen LogP) is 0.780. The minimum atomic E-state index is -3.36. The van der Waals surface area contributed by atoms with Crippen molar-refractivity contribution in [3.05, 3.63) is 21.3 Å². The number of hydrogen-bond acceptors (Lipinski definition) is 4. The molecule has 4 nitrogen and oxygen atoms in total. The zero-order valence-electron chi connectivity index (χ0n) is 7.36. The molecule has 7 heteroatoms. The summed E-state index contributed by atoms with van der Waals surface area (Å²) in [5.74, 6) is -0.0495. The van der Waals surface area contributed by atoms with Crippen LogP contribution in [-0.2, 0) is 16.6 Å². The van der Waals surface area contributed by atoms with E-state index < -0.39 is 10.0 Å². The van der Waals surface area contributed by atoms with E-state index in [0.29, 0.717) is 18.1 Å². The van der Waals surface area contributed by atoms with Gasteiger partial charge in [0.25, 0.3) is 0 Å². The van der Waals surface area contributed by atoms with Crippen molar-refractivity contribution in [2.45, 2.75) is 6.54 Å². The molecule has 0 spiro atoms. The van der Waals surface area contributed by atoms with Gasteiger partial charge in [-0.15, -0.1) is 11.3 Å². The summed E-state index contributed by atoms with van der Waals surface area (Å²) in [6.07, 6.45) is 0. The molecule has 0 aliphatic carbocycles. The third-order valence-electron chi connectivity index (χ3n) is 1.48. The van der Waals surface area contributed by atoms with Crippen molar-refractivity contribution in [2.75, 3.05) is 12.3 Å². The van der Waals surface area contributed by atoms with Gasteiger partial charge in [0, 0.05) is 23.3 Å².